The first-order valence-electron chi connectivity index (χ1n) is 8.26. The zero-order chi connectivity index (χ0) is 17.4. The summed E-state index contributed by atoms with van der Waals surface area (Å²) in [6.45, 7) is 6.68. The van der Waals surface area contributed by atoms with Crippen LogP contribution < -0.4 is 9.47 Å². The minimum Gasteiger partial charge on any atom is -0.497 e. The van der Waals surface area contributed by atoms with E-state index in [4.69, 9.17) is 13.9 Å². The van der Waals surface area contributed by atoms with Crippen molar-refractivity contribution in [1.29, 1.82) is 0 Å². The van der Waals surface area contributed by atoms with Gasteiger partial charge in [0.2, 0.25) is 0 Å². The van der Waals surface area contributed by atoms with E-state index in [1.165, 1.54) is 0 Å². The first kappa shape index (κ1) is 18.4. The summed E-state index contributed by atoms with van der Waals surface area (Å²) in [5.74, 6) is 2.91. The van der Waals surface area contributed by atoms with Crippen LogP contribution in [0.25, 0.3) is 0 Å². The highest BCUT2D eigenvalue weighted by Gasteiger charge is 2.15. The molecule has 0 saturated heterocycles. The number of hydrogen-bond donors (Lipinski definition) is 1. The highest BCUT2D eigenvalue weighted by atomic mass is 16.5. The number of nitrogens with zero attached hydrogens (tertiary/aromatic N) is 1. The zero-order valence-corrected chi connectivity index (χ0v) is 14.6. The van der Waals surface area contributed by atoms with Crippen molar-refractivity contribution in [3.8, 4) is 11.5 Å². The quantitative estimate of drug-likeness (QED) is 0.724. The smallest absolute Gasteiger partial charge is 0.119 e. The number of methoxy groups -OCH3 is 1. The maximum absolute atomic E-state index is 10.3. The average Bonchev–Trinajstić information content (AvgIpc) is 3.05. The molecule has 1 heterocycles. The average molecular weight is 333 g/mol. The number of aliphatic hydroxyl groups excluding tert-OH is 1. The molecule has 0 radical (unpaired) electrons. The van der Waals surface area contributed by atoms with E-state index in [2.05, 4.69) is 18.7 Å². The highest BCUT2D eigenvalue weighted by molar-refractivity contribution is 5.31. The first-order valence-corrected chi connectivity index (χ1v) is 8.26. The van der Waals surface area contributed by atoms with Crippen LogP contribution in [0.4, 0.5) is 0 Å². The second-order valence-electron chi connectivity index (χ2n) is 6.31. The Hall–Kier alpha value is -1.98. The SMILES string of the molecule is COc1ccc(OC[C@@H](O)CN(Cc2ccco2)CC(C)C)cc1. The Morgan fingerprint density at radius 3 is 2.38 bits per heavy atom. The fourth-order valence-corrected chi connectivity index (χ4v) is 2.56. The standard InChI is InChI=1S/C19H27NO4/c1-15(2)11-20(13-19-5-4-10-23-19)12-16(21)14-24-18-8-6-17(22-3)7-9-18/h4-10,15-16,21H,11-14H2,1-3H3/t16-/m0/s1. The molecule has 1 N–H and O–H groups in total. The van der Waals surface area contributed by atoms with Gasteiger partial charge >= 0.3 is 0 Å². The first-order chi connectivity index (χ1) is 11.6. The van der Waals surface area contributed by atoms with E-state index < -0.39 is 6.10 Å². The molecule has 5 nitrogen and oxygen atoms in total. The minimum absolute atomic E-state index is 0.249. The Labute approximate surface area is 143 Å². The predicted octanol–water partition coefficient (Wildman–Crippen LogP) is 3.19. The third-order valence-corrected chi connectivity index (χ3v) is 3.55. The molecule has 0 spiro atoms. The van der Waals surface area contributed by atoms with Gasteiger partial charge in [-0.3, -0.25) is 4.90 Å². The van der Waals surface area contributed by atoms with Crippen molar-refractivity contribution in [2.75, 3.05) is 26.8 Å². The molecule has 2 rings (SSSR count). The third-order valence-electron chi connectivity index (χ3n) is 3.55. The molecule has 1 atom stereocenters. The summed E-state index contributed by atoms with van der Waals surface area (Å²) in [6, 6.07) is 11.2. The van der Waals surface area contributed by atoms with Crippen LogP contribution in [0.2, 0.25) is 0 Å². The third kappa shape index (κ3) is 6.26. The van der Waals surface area contributed by atoms with Crippen LogP contribution in [0.15, 0.2) is 47.1 Å². The lowest BCUT2D eigenvalue weighted by Gasteiger charge is -2.26. The Bertz CT molecular complexity index is 566. The van der Waals surface area contributed by atoms with Crippen LogP contribution in [0, 0.1) is 5.92 Å². The van der Waals surface area contributed by atoms with Gasteiger partial charge in [0.05, 0.1) is 19.9 Å². The molecular formula is C19H27NO4. The second-order valence-corrected chi connectivity index (χ2v) is 6.31. The zero-order valence-electron chi connectivity index (χ0n) is 14.6. The molecule has 5 heteroatoms. The van der Waals surface area contributed by atoms with Crippen LogP contribution in [-0.4, -0.2) is 42.9 Å². The Kier molecular flexibility index (Phi) is 7.15. The number of rotatable bonds is 10. The van der Waals surface area contributed by atoms with Crippen LogP contribution in [0.5, 0.6) is 11.5 Å². The summed E-state index contributed by atoms with van der Waals surface area (Å²) in [6.07, 6.45) is 1.10. The molecular weight excluding hydrogens is 306 g/mol. The summed E-state index contributed by atoms with van der Waals surface area (Å²) < 4.78 is 16.2. The largest absolute Gasteiger partial charge is 0.497 e. The van der Waals surface area contributed by atoms with Crippen LogP contribution in [0.1, 0.15) is 19.6 Å². The molecule has 2 aromatic rings. The Balaban J connectivity index is 1.83. The molecule has 0 amide bonds. The van der Waals surface area contributed by atoms with Crippen LogP contribution in [0.3, 0.4) is 0 Å². The van der Waals surface area contributed by atoms with E-state index >= 15 is 0 Å². The van der Waals surface area contributed by atoms with Gasteiger partial charge in [-0.2, -0.15) is 0 Å². The molecule has 24 heavy (non-hydrogen) atoms. The second kappa shape index (κ2) is 9.35. The monoisotopic (exact) mass is 333 g/mol. The van der Waals surface area contributed by atoms with Crippen LogP contribution >= 0.6 is 0 Å². The number of hydrogen-bond acceptors (Lipinski definition) is 5. The van der Waals surface area contributed by atoms with E-state index in [0.29, 0.717) is 19.0 Å². The van der Waals surface area contributed by atoms with Gasteiger partial charge in [-0.1, -0.05) is 13.8 Å². The van der Waals surface area contributed by atoms with E-state index in [9.17, 15) is 5.11 Å². The van der Waals surface area contributed by atoms with Gasteiger partial charge in [0, 0.05) is 13.1 Å². The highest BCUT2D eigenvalue weighted by Crippen LogP contribution is 2.17. The van der Waals surface area contributed by atoms with Crippen molar-refractivity contribution in [3.05, 3.63) is 48.4 Å². The maximum atomic E-state index is 10.3. The van der Waals surface area contributed by atoms with Gasteiger partial charge in [-0.25, -0.2) is 0 Å². The predicted molar refractivity (Wildman–Crippen MR) is 93.3 cm³/mol. The number of ether oxygens (including phenoxy) is 2. The molecule has 0 bridgehead atoms. The molecule has 1 aromatic carbocycles. The van der Waals surface area contributed by atoms with Crippen molar-refractivity contribution in [3.63, 3.8) is 0 Å². The van der Waals surface area contributed by atoms with E-state index in [0.717, 1.165) is 23.8 Å². The lowest BCUT2D eigenvalue weighted by atomic mass is 10.2. The summed E-state index contributed by atoms with van der Waals surface area (Å²) in [5.41, 5.74) is 0. The topological polar surface area (TPSA) is 55.1 Å². The number of furan rings is 1. The molecule has 132 valence electrons. The molecule has 0 aliphatic carbocycles. The number of benzene rings is 1. The molecule has 1 aromatic heterocycles. The number of aliphatic hydroxyl groups is 1. The minimum atomic E-state index is -0.569. The summed E-state index contributed by atoms with van der Waals surface area (Å²) in [4.78, 5) is 2.19. The fourth-order valence-electron chi connectivity index (χ4n) is 2.56. The van der Waals surface area contributed by atoms with Gasteiger partial charge in [-0.15, -0.1) is 0 Å². The van der Waals surface area contributed by atoms with E-state index in [1.54, 1.807) is 13.4 Å². The summed E-state index contributed by atoms with van der Waals surface area (Å²) in [5, 5.41) is 10.3. The fraction of sp³-hybridized carbons (Fsp3) is 0.474. The maximum Gasteiger partial charge on any atom is 0.119 e. The van der Waals surface area contributed by atoms with E-state index in [-0.39, 0.29) is 6.61 Å². The van der Waals surface area contributed by atoms with Gasteiger partial charge in [0.25, 0.3) is 0 Å². The Morgan fingerprint density at radius 1 is 1.08 bits per heavy atom. The van der Waals surface area contributed by atoms with Gasteiger partial charge in [0.15, 0.2) is 0 Å². The van der Waals surface area contributed by atoms with Crippen LogP contribution in [-0.2, 0) is 6.54 Å². The lowest BCUT2D eigenvalue weighted by molar-refractivity contribution is 0.0591. The summed E-state index contributed by atoms with van der Waals surface area (Å²) in [7, 11) is 1.63. The normalized spacial score (nSPS) is 12.6. The molecule has 0 fully saturated rings. The molecule has 0 saturated carbocycles. The molecule has 0 aliphatic heterocycles. The van der Waals surface area contributed by atoms with E-state index in [1.807, 2.05) is 36.4 Å². The van der Waals surface area contributed by atoms with Gasteiger partial charge in [-0.05, 0) is 42.3 Å². The Morgan fingerprint density at radius 2 is 1.79 bits per heavy atom. The lowest BCUT2D eigenvalue weighted by Crippen LogP contribution is -2.37. The van der Waals surface area contributed by atoms with Crippen molar-refractivity contribution in [2.24, 2.45) is 5.92 Å². The van der Waals surface area contributed by atoms with Gasteiger partial charge in [0.1, 0.15) is 30.0 Å². The van der Waals surface area contributed by atoms with Crippen molar-refractivity contribution >= 4 is 0 Å². The van der Waals surface area contributed by atoms with Crippen molar-refractivity contribution in [2.45, 2.75) is 26.5 Å². The van der Waals surface area contributed by atoms with Crippen molar-refractivity contribution < 1.29 is 19.0 Å². The molecule has 0 unspecified atom stereocenters. The molecule has 0 aliphatic rings. The van der Waals surface area contributed by atoms with Gasteiger partial charge < -0.3 is 19.0 Å². The summed E-state index contributed by atoms with van der Waals surface area (Å²) >= 11 is 0. The van der Waals surface area contributed by atoms with Crippen molar-refractivity contribution in [1.82, 2.24) is 4.90 Å².